The molecule has 0 bridgehead atoms. The lowest BCUT2D eigenvalue weighted by molar-refractivity contribution is 0.185. The van der Waals surface area contributed by atoms with Gasteiger partial charge in [0.25, 0.3) is 0 Å². The van der Waals surface area contributed by atoms with E-state index in [0.717, 1.165) is 18.2 Å². The van der Waals surface area contributed by atoms with Crippen molar-refractivity contribution in [3.8, 4) is 5.75 Å². The normalized spacial score (nSPS) is 18.3. The molecule has 1 saturated heterocycles. The van der Waals surface area contributed by atoms with Crippen molar-refractivity contribution in [1.82, 2.24) is 4.90 Å². The van der Waals surface area contributed by atoms with Crippen LogP contribution in [0.15, 0.2) is 22.7 Å². The molecule has 94 valence electrons. The van der Waals surface area contributed by atoms with E-state index in [0.29, 0.717) is 0 Å². The molecule has 0 amide bonds. The molecular weight excluding hydrogens is 278 g/mol. The Balaban J connectivity index is 2.02. The van der Waals surface area contributed by atoms with Crippen molar-refractivity contribution in [3.63, 3.8) is 0 Å². The van der Waals surface area contributed by atoms with E-state index in [9.17, 15) is 0 Å². The van der Waals surface area contributed by atoms with Crippen molar-refractivity contribution in [2.24, 2.45) is 5.92 Å². The molecule has 1 heterocycles. The Kier molecular flexibility index (Phi) is 4.46. The van der Waals surface area contributed by atoms with Gasteiger partial charge in [0, 0.05) is 11.0 Å². The lowest BCUT2D eigenvalue weighted by Gasteiger charge is -2.30. The van der Waals surface area contributed by atoms with Crippen LogP contribution in [0.4, 0.5) is 0 Å². The van der Waals surface area contributed by atoms with E-state index in [1.165, 1.54) is 36.0 Å². The summed E-state index contributed by atoms with van der Waals surface area (Å²) >= 11 is 3.62. The maximum atomic E-state index is 5.28. The van der Waals surface area contributed by atoms with Gasteiger partial charge >= 0.3 is 0 Å². The molecule has 2 nitrogen and oxygen atoms in total. The van der Waals surface area contributed by atoms with Crippen LogP contribution in [-0.2, 0) is 6.54 Å². The molecule has 0 aliphatic carbocycles. The molecule has 0 spiro atoms. The summed E-state index contributed by atoms with van der Waals surface area (Å²) in [5.41, 5.74) is 1.32. The van der Waals surface area contributed by atoms with Gasteiger partial charge in [-0.3, -0.25) is 4.90 Å². The summed E-state index contributed by atoms with van der Waals surface area (Å²) in [4.78, 5) is 2.53. The van der Waals surface area contributed by atoms with Crippen LogP contribution >= 0.6 is 15.9 Å². The molecule has 1 aliphatic heterocycles. The van der Waals surface area contributed by atoms with Crippen molar-refractivity contribution in [3.05, 3.63) is 28.2 Å². The van der Waals surface area contributed by atoms with Crippen LogP contribution in [0.25, 0.3) is 0 Å². The van der Waals surface area contributed by atoms with Gasteiger partial charge < -0.3 is 4.74 Å². The van der Waals surface area contributed by atoms with E-state index in [1.807, 2.05) is 6.07 Å². The molecule has 1 aromatic carbocycles. The van der Waals surface area contributed by atoms with Gasteiger partial charge in [0.2, 0.25) is 0 Å². The Morgan fingerprint density at radius 1 is 1.35 bits per heavy atom. The van der Waals surface area contributed by atoms with E-state index in [1.54, 1.807) is 7.11 Å². The van der Waals surface area contributed by atoms with E-state index in [2.05, 4.69) is 39.9 Å². The molecular formula is C14H20BrNO. The molecule has 0 radical (unpaired) electrons. The number of methoxy groups -OCH3 is 1. The second-order valence-electron chi connectivity index (χ2n) is 4.92. The van der Waals surface area contributed by atoms with Gasteiger partial charge in [0.15, 0.2) is 0 Å². The minimum atomic E-state index is 0.889. The fourth-order valence-corrected chi connectivity index (χ4v) is 2.63. The molecule has 1 aliphatic rings. The van der Waals surface area contributed by atoms with Crippen LogP contribution in [0.5, 0.6) is 5.75 Å². The fourth-order valence-electron chi connectivity index (χ4n) is 2.26. The van der Waals surface area contributed by atoms with E-state index in [4.69, 9.17) is 4.74 Å². The summed E-state index contributed by atoms with van der Waals surface area (Å²) in [6.45, 7) is 5.79. The van der Waals surface area contributed by atoms with Gasteiger partial charge in [0.05, 0.1) is 7.11 Å². The van der Waals surface area contributed by atoms with Crippen molar-refractivity contribution < 1.29 is 4.74 Å². The molecule has 0 atom stereocenters. The van der Waals surface area contributed by atoms with Crippen LogP contribution < -0.4 is 4.74 Å². The highest BCUT2D eigenvalue weighted by atomic mass is 79.9. The van der Waals surface area contributed by atoms with Crippen LogP contribution in [0.2, 0.25) is 0 Å². The van der Waals surface area contributed by atoms with Gasteiger partial charge in [-0.2, -0.15) is 0 Å². The number of halogens is 1. The maximum absolute atomic E-state index is 5.28. The topological polar surface area (TPSA) is 12.5 Å². The third kappa shape index (κ3) is 3.46. The van der Waals surface area contributed by atoms with Crippen LogP contribution in [0.1, 0.15) is 25.3 Å². The average Bonchev–Trinajstić information content (AvgIpc) is 2.35. The second kappa shape index (κ2) is 5.87. The molecule has 3 heteroatoms. The smallest absolute Gasteiger partial charge is 0.119 e. The number of hydrogen-bond donors (Lipinski definition) is 0. The highest BCUT2D eigenvalue weighted by Crippen LogP contribution is 2.25. The van der Waals surface area contributed by atoms with Crippen LogP contribution in [0, 0.1) is 5.92 Å². The van der Waals surface area contributed by atoms with Gasteiger partial charge in [0.1, 0.15) is 5.75 Å². The zero-order valence-corrected chi connectivity index (χ0v) is 12.2. The highest BCUT2D eigenvalue weighted by molar-refractivity contribution is 9.10. The monoisotopic (exact) mass is 297 g/mol. The van der Waals surface area contributed by atoms with Gasteiger partial charge in [-0.15, -0.1) is 0 Å². The van der Waals surface area contributed by atoms with Gasteiger partial charge in [-0.1, -0.05) is 22.9 Å². The fraction of sp³-hybridized carbons (Fsp3) is 0.571. The minimum Gasteiger partial charge on any atom is -0.497 e. The summed E-state index contributed by atoms with van der Waals surface area (Å²) in [6, 6.07) is 6.19. The number of benzene rings is 1. The molecule has 0 aromatic heterocycles. The number of hydrogen-bond acceptors (Lipinski definition) is 2. The predicted molar refractivity (Wildman–Crippen MR) is 74.4 cm³/mol. The lowest BCUT2D eigenvalue weighted by atomic mass is 9.99. The number of likely N-dealkylation sites (tertiary alicyclic amines) is 1. The van der Waals surface area contributed by atoms with Crippen LogP contribution in [0.3, 0.4) is 0 Å². The summed E-state index contributed by atoms with van der Waals surface area (Å²) < 4.78 is 6.45. The zero-order chi connectivity index (χ0) is 12.3. The van der Waals surface area contributed by atoms with Crippen LogP contribution in [-0.4, -0.2) is 25.1 Å². The van der Waals surface area contributed by atoms with E-state index < -0.39 is 0 Å². The molecule has 17 heavy (non-hydrogen) atoms. The summed E-state index contributed by atoms with van der Waals surface area (Å²) in [7, 11) is 1.72. The van der Waals surface area contributed by atoms with E-state index >= 15 is 0 Å². The molecule has 1 fully saturated rings. The Morgan fingerprint density at radius 2 is 2.06 bits per heavy atom. The van der Waals surface area contributed by atoms with E-state index in [-0.39, 0.29) is 0 Å². The SMILES string of the molecule is COc1ccc(Br)c(CN2CCC(C)CC2)c1. The lowest BCUT2D eigenvalue weighted by Crippen LogP contribution is -2.32. The molecule has 2 rings (SSSR count). The summed E-state index contributed by atoms with van der Waals surface area (Å²) in [5.74, 6) is 1.83. The first-order valence-electron chi connectivity index (χ1n) is 6.24. The Hall–Kier alpha value is -0.540. The standard InChI is InChI=1S/C14H20BrNO/c1-11-5-7-16(8-6-11)10-12-9-13(17-2)3-4-14(12)15/h3-4,9,11H,5-8,10H2,1-2H3. The largest absolute Gasteiger partial charge is 0.497 e. The summed E-state index contributed by atoms with van der Waals surface area (Å²) in [5, 5.41) is 0. The van der Waals surface area contributed by atoms with Gasteiger partial charge in [-0.05, 0) is 55.6 Å². The van der Waals surface area contributed by atoms with Gasteiger partial charge in [-0.25, -0.2) is 0 Å². The number of nitrogens with zero attached hydrogens (tertiary/aromatic N) is 1. The summed E-state index contributed by atoms with van der Waals surface area (Å²) in [6.07, 6.45) is 2.64. The van der Waals surface area contributed by atoms with Crippen molar-refractivity contribution >= 4 is 15.9 Å². The first kappa shape index (κ1) is 12.9. The number of piperidine rings is 1. The molecule has 0 unspecified atom stereocenters. The molecule has 0 N–H and O–H groups in total. The molecule has 1 aromatic rings. The third-order valence-corrected chi connectivity index (χ3v) is 4.30. The quantitative estimate of drug-likeness (QED) is 0.844. The number of ether oxygens (including phenoxy) is 1. The number of rotatable bonds is 3. The van der Waals surface area contributed by atoms with Crippen molar-refractivity contribution in [1.29, 1.82) is 0 Å². The van der Waals surface area contributed by atoms with Crippen molar-refractivity contribution in [2.45, 2.75) is 26.3 Å². The minimum absolute atomic E-state index is 0.889. The zero-order valence-electron chi connectivity index (χ0n) is 10.6. The molecule has 0 saturated carbocycles. The third-order valence-electron chi connectivity index (χ3n) is 3.52. The first-order valence-corrected chi connectivity index (χ1v) is 7.03. The Bertz CT molecular complexity index is 372. The maximum Gasteiger partial charge on any atom is 0.119 e. The highest BCUT2D eigenvalue weighted by Gasteiger charge is 2.16. The first-order chi connectivity index (χ1) is 8.19. The predicted octanol–water partition coefficient (Wildman–Crippen LogP) is 3.69. The Morgan fingerprint density at radius 3 is 2.71 bits per heavy atom. The Labute approximate surface area is 112 Å². The van der Waals surface area contributed by atoms with Crippen molar-refractivity contribution in [2.75, 3.05) is 20.2 Å². The average molecular weight is 298 g/mol. The second-order valence-corrected chi connectivity index (χ2v) is 5.77.